The van der Waals surface area contributed by atoms with E-state index in [4.69, 9.17) is 16.2 Å². The van der Waals surface area contributed by atoms with Crippen LogP contribution < -0.4 is 16.2 Å². The van der Waals surface area contributed by atoms with Crippen molar-refractivity contribution in [3.8, 4) is 5.75 Å². The van der Waals surface area contributed by atoms with E-state index >= 15 is 0 Å². The van der Waals surface area contributed by atoms with Gasteiger partial charge in [-0.2, -0.15) is 0 Å². The Bertz CT molecular complexity index is 361. The molecule has 0 aliphatic rings. The van der Waals surface area contributed by atoms with Crippen LogP contribution in [0, 0.1) is 6.92 Å². The number of hydrogen-bond acceptors (Lipinski definition) is 3. The molecule has 0 radical (unpaired) electrons. The van der Waals surface area contributed by atoms with E-state index in [0.29, 0.717) is 23.6 Å². The van der Waals surface area contributed by atoms with Crippen LogP contribution in [0.5, 0.6) is 5.75 Å². The smallest absolute Gasteiger partial charge is 0.252 e. The summed E-state index contributed by atoms with van der Waals surface area (Å²) in [7, 11) is 0. The standard InChI is InChI=1S/C10H14N2O2/c1-3-14-9-5-8(11)6(2)4-7(9)10(12)13/h4-5H,3,11H2,1-2H3,(H2,12,13). The van der Waals surface area contributed by atoms with Gasteiger partial charge in [0, 0.05) is 11.8 Å². The zero-order valence-electron chi connectivity index (χ0n) is 8.33. The Kier molecular flexibility index (Phi) is 2.96. The first kappa shape index (κ1) is 10.4. The van der Waals surface area contributed by atoms with Crippen LogP contribution in [0.2, 0.25) is 0 Å². The van der Waals surface area contributed by atoms with Gasteiger partial charge in [-0.25, -0.2) is 0 Å². The number of anilines is 1. The van der Waals surface area contributed by atoms with E-state index in [1.54, 1.807) is 12.1 Å². The number of ether oxygens (including phenoxy) is 1. The SMILES string of the molecule is CCOc1cc(N)c(C)cc1C(N)=O. The molecule has 0 fully saturated rings. The lowest BCUT2D eigenvalue weighted by atomic mass is 10.1. The molecule has 1 amide bonds. The van der Waals surface area contributed by atoms with Crippen molar-refractivity contribution in [1.29, 1.82) is 0 Å². The number of rotatable bonds is 3. The molecule has 0 aliphatic carbocycles. The third kappa shape index (κ3) is 1.96. The summed E-state index contributed by atoms with van der Waals surface area (Å²) in [5.41, 5.74) is 12.7. The van der Waals surface area contributed by atoms with Crippen LogP contribution in [0.3, 0.4) is 0 Å². The quantitative estimate of drug-likeness (QED) is 0.706. The lowest BCUT2D eigenvalue weighted by molar-refractivity contribution is 0.0996. The average Bonchev–Trinajstić information content (AvgIpc) is 2.11. The minimum Gasteiger partial charge on any atom is -0.493 e. The second kappa shape index (κ2) is 4.00. The molecule has 0 unspecified atom stereocenters. The zero-order chi connectivity index (χ0) is 10.7. The summed E-state index contributed by atoms with van der Waals surface area (Å²) in [6, 6.07) is 3.27. The number of hydrogen-bond donors (Lipinski definition) is 2. The molecule has 1 rings (SSSR count). The topological polar surface area (TPSA) is 78.3 Å². The maximum Gasteiger partial charge on any atom is 0.252 e. The van der Waals surface area contributed by atoms with Gasteiger partial charge in [0.2, 0.25) is 0 Å². The van der Waals surface area contributed by atoms with Gasteiger partial charge in [-0.1, -0.05) is 0 Å². The van der Waals surface area contributed by atoms with Gasteiger partial charge < -0.3 is 16.2 Å². The Morgan fingerprint density at radius 2 is 2.14 bits per heavy atom. The molecule has 14 heavy (non-hydrogen) atoms. The first-order valence-electron chi connectivity index (χ1n) is 4.39. The summed E-state index contributed by atoms with van der Waals surface area (Å²) < 4.78 is 5.25. The number of nitrogens with two attached hydrogens (primary N) is 2. The van der Waals surface area contributed by atoms with Crippen LogP contribution >= 0.6 is 0 Å². The van der Waals surface area contributed by atoms with Crippen molar-refractivity contribution in [2.45, 2.75) is 13.8 Å². The minimum absolute atomic E-state index is 0.374. The second-order valence-corrected chi connectivity index (χ2v) is 3.00. The molecule has 0 aliphatic heterocycles. The van der Waals surface area contributed by atoms with E-state index in [0.717, 1.165) is 5.56 Å². The van der Waals surface area contributed by atoms with Gasteiger partial charge in [-0.3, -0.25) is 4.79 Å². The third-order valence-corrected chi connectivity index (χ3v) is 1.93. The zero-order valence-corrected chi connectivity index (χ0v) is 8.33. The average molecular weight is 194 g/mol. The molecule has 1 aromatic carbocycles. The van der Waals surface area contributed by atoms with Gasteiger partial charge in [0.1, 0.15) is 5.75 Å². The Morgan fingerprint density at radius 1 is 1.50 bits per heavy atom. The highest BCUT2D eigenvalue weighted by molar-refractivity contribution is 5.96. The predicted octanol–water partition coefficient (Wildman–Crippen LogP) is 1.07. The molecular formula is C10H14N2O2. The molecule has 0 saturated carbocycles. The van der Waals surface area contributed by atoms with Crippen LogP contribution in [-0.2, 0) is 0 Å². The van der Waals surface area contributed by atoms with Crippen molar-refractivity contribution in [2.24, 2.45) is 5.73 Å². The Hall–Kier alpha value is -1.71. The van der Waals surface area contributed by atoms with Gasteiger partial charge in [0.05, 0.1) is 12.2 Å². The highest BCUT2D eigenvalue weighted by Gasteiger charge is 2.11. The maximum atomic E-state index is 11.1. The summed E-state index contributed by atoms with van der Waals surface area (Å²) in [5, 5.41) is 0. The normalized spacial score (nSPS) is 9.86. The van der Waals surface area contributed by atoms with Crippen LogP contribution in [0.25, 0.3) is 0 Å². The van der Waals surface area contributed by atoms with E-state index in [1.165, 1.54) is 0 Å². The van der Waals surface area contributed by atoms with Gasteiger partial charge in [-0.05, 0) is 25.5 Å². The molecule has 4 nitrogen and oxygen atoms in total. The first-order chi connectivity index (χ1) is 6.56. The summed E-state index contributed by atoms with van der Waals surface area (Å²) in [6.45, 7) is 4.13. The molecule has 4 heteroatoms. The minimum atomic E-state index is -0.503. The molecule has 0 saturated heterocycles. The van der Waals surface area contributed by atoms with Gasteiger partial charge in [-0.15, -0.1) is 0 Å². The van der Waals surface area contributed by atoms with Crippen molar-refractivity contribution in [3.05, 3.63) is 23.3 Å². The van der Waals surface area contributed by atoms with E-state index in [2.05, 4.69) is 0 Å². The molecule has 0 heterocycles. The number of amides is 1. The molecule has 4 N–H and O–H groups in total. The van der Waals surface area contributed by atoms with Gasteiger partial charge in [0.15, 0.2) is 0 Å². The molecular weight excluding hydrogens is 180 g/mol. The van der Waals surface area contributed by atoms with E-state index in [-0.39, 0.29) is 0 Å². The van der Waals surface area contributed by atoms with Crippen LogP contribution in [0.1, 0.15) is 22.8 Å². The van der Waals surface area contributed by atoms with Crippen molar-refractivity contribution < 1.29 is 9.53 Å². The summed E-state index contributed by atoms with van der Waals surface area (Å²) in [6.07, 6.45) is 0. The fourth-order valence-electron chi connectivity index (χ4n) is 1.17. The molecule has 0 aromatic heterocycles. The van der Waals surface area contributed by atoms with E-state index in [1.807, 2.05) is 13.8 Å². The van der Waals surface area contributed by atoms with E-state index in [9.17, 15) is 4.79 Å². The van der Waals surface area contributed by atoms with E-state index < -0.39 is 5.91 Å². The summed E-state index contributed by atoms with van der Waals surface area (Å²) in [5.74, 6) is -0.0559. The third-order valence-electron chi connectivity index (χ3n) is 1.93. The molecule has 76 valence electrons. The van der Waals surface area contributed by atoms with Crippen molar-refractivity contribution >= 4 is 11.6 Å². The summed E-state index contributed by atoms with van der Waals surface area (Å²) in [4.78, 5) is 11.1. The Morgan fingerprint density at radius 3 is 2.64 bits per heavy atom. The molecule has 0 atom stereocenters. The number of carbonyl (C=O) groups excluding carboxylic acids is 1. The second-order valence-electron chi connectivity index (χ2n) is 3.00. The monoisotopic (exact) mass is 194 g/mol. The Balaban J connectivity index is 3.24. The van der Waals surface area contributed by atoms with Crippen molar-refractivity contribution in [2.75, 3.05) is 12.3 Å². The predicted molar refractivity (Wildman–Crippen MR) is 55.3 cm³/mol. The lowest BCUT2D eigenvalue weighted by Crippen LogP contribution is -2.14. The molecule has 0 bridgehead atoms. The number of primary amides is 1. The maximum absolute atomic E-state index is 11.1. The van der Waals surface area contributed by atoms with Crippen molar-refractivity contribution in [1.82, 2.24) is 0 Å². The van der Waals surface area contributed by atoms with Crippen LogP contribution in [0.4, 0.5) is 5.69 Å². The largest absolute Gasteiger partial charge is 0.493 e. The summed E-state index contributed by atoms with van der Waals surface area (Å²) >= 11 is 0. The number of nitrogen functional groups attached to an aromatic ring is 1. The van der Waals surface area contributed by atoms with Gasteiger partial charge in [0.25, 0.3) is 5.91 Å². The highest BCUT2D eigenvalue weighted by atomic mass is 16.5. The fourth-order valence-corrected chi connectivity index (χ4v) is 1.17. The van der Waals surface area contributed by atoms with Crippen molar-refractivity contribution in [3.63, 3.8) is 0 Å². The van der Waals surface area contributed by atoms with Crippen LogP contribution in [-0.4, -0.2) is 12.5 Å². The fraction of sp³-hybridized carbons (Fsp3) is 0.300. The highest BCUT2D eigenvalue weighted by Crippen LogP contribution is 2.24. The number of aryl methyl sites for hydroxylation is 1. The number of benzene rings is 1. The van der Waals surface area contributed by atoms with Gasteiger partial charge >= 0.3 is 0 Å². The molecule has 1 aromatic rings. The lowest BCUT2D eigenvalue weighted by Gasteiger charge is -2.10. The number of carbonyl (C=O) groups is 1. The molecule has 0 spiro atoms. The van der Waals surface area contributed by atoms with Crippen LogP contribution in [0.15, 0.2) is 12.1 Å². The Labute approximate surface area is 82.8 Å². The first-order valence-corrected chi connectivity index (χ1v) is 4.39.